The number of halogens is 1. The van der Waals surface area contributed by atoms with E-state index >= 15 is 0 Å². The van der Waals surface area contributed by atoms with Crippen molar-refractivity contribution in [3.8, 4) is 0 Å². The van der Waals surface area contributed by atoms with Gasteiger partial charge in [-0.15, -0.1) is 0 Å². The van der Waals surface area contributed by atoms with E-state index in [1.165, 1.54) is 0 Å². The molecule has 19 heavy (non-hydrogen) atoms. The standard InChI is InChI=1S/C16H15ClN2/c1-3-5-6-13(4-2)19-15-9-10-18-16-11-12(17)7-8-14(15)16/h3-11H,1H2,2H3,(H,18,19)/b6-5-,13-4+. The van der Waals surface area contributed by atoms with Crippen molar-refractivity contribution in [3.05, 3.63) is 72.1 Å². The van der Waals surface area contributed by atoms with E-state index in [0.29, 0.717) is 5.02 Å². The molecule has 2 nitrogen and oxygen atoms in total. The van der Waals surface area contributed by atoms with E-state index < -0.39 is 0 Å². The monoisotopic (exact) mass is 270 g/mol. The highest BCUT2D eigenvalue weighted by Crippen LogP contribution is 2.25. The van der Waals surface area contributed by atoms with Crippen LogP contribution in [0.5, 0.6) is 0 Å². The lowest BCUT2D eigenvalue weighted by Crippen LogP contribution is -1.97. The number of anilines is 1. The fourth-order valence-corrected chi connectivity index (χ4v) is 1.93. The summed E-state index contributed by atoms with van der Waals surface area (Å²) in [4.78, 5) is 4.32. The first-order chi connectivity index (χ1) is 9.24. The van der Waals surface area contributed by atoms with Crippen LogP contribution in [0.25, 0.3) is 10.9 Å². The van der Waals surface area contributed by atoms with Crippen molar-refractivity contribution in [3.63, 3.8) is 0 Å². The third-order valence-electron chi connectivity index (χ3n) is 2.71. The second-order valence-electron chi connectivity index (χ2n) is 3.98. The number of pyridine rings is 1. The van der Waals surface area contributed by atoms with Crippen LogP contribution in [0.1, 0.15) is 6.92 Å². The molecular formula is C16H15ClN2. The number of nitrogens with one attached hydrogen (secondary N) is 1. The third-order valence-corrected chi connectivity index (χ3v) is 2.94. The first-order valence-electron chi connectivity index (χ1n) is 6.01. The van der Waals surface area contributed by atoms with Gasteiger partial charge < -0.3 is 5.32 Å². The van der Waals surface area contributed by atoms with Gasteiger partial charge in [0.1, 0.15) is 0 Å². The van der Waals surface area contributed by atoms with Crippen LogP contribution in [-0.2, 0) is 0 Å². The van der Waals surface area contributed by atoms with Crippen LogP contribution in [0.4, 0.5) is 5.69 Å². The molecule has 0 radical (unpaired) electrons. The fraction of sp³-hybridized carbons (Fsp3) is 0.0625. The minimum atomic E-state index is 0.690. The highest BCUT2D eigenvalue weighted by Gasteiger charge is 2.02. The number of fused-ring (bicyclic) bond motifs is 1. The summed E-state index contributed by atoms with van der Waals surface area (Å²) in [7, 11) is 0. The summed E-state index contributed by atoms with van der Waals surface area (Å²) in [6.07, 6.45) is 9.38. The second kappa shape index (κ2) is 6.21. The molecule has 0 saturated carbocycles. The third kappa shape index (κ3) is 3.24. The van der Waals surface area contributed by atoms with Crippen LogP contribution < -0.4 is 5.32 Å². The molecule has 1 heterocycles. The lowest BCUT2D eigenvalue weighted by molar-refractivity contribution is 1.38. The van der Waals surface area contributed by atoms with Crippen LogP contribution in [0.3, 0.4) is 0 Å². The molecule has 0 spiro atoms. The summed E-state index contributed by atoms with van der Waals surface area (Å²) in [6.45, 7) is 5.65. The molecule has 1 N–H and O–H groups in total. The number of rotatable bonds is 4. The Kier molecular flexibility index (Phi) is 4.37. The number of hydrogen-bond donors (Lipinski definition) is 1. The molecule has 0 fully saturated rings. The zero-order chi connectivity index (χ0) is 13.7. The molecule has 1 aromatic carbocycles. The second-order valence-corrected chi connectivity index (χ2v) is 4.42. The van der Waals surface area contributed by atoms with E-state index in [1.54, 1.807) is 12.3 Å². The average molecular weight is 271 g/mol. The van der Waals surface area contributed by atoms with Crippen molar-refractivity contribution in [1.29, 1.82) is 0 Å². The molecule has 0 aliphatic rings. The number of allylic oxidation sites excluding steroid dienone is 4. The van der Waals surface area contributed by atoms with Gasteiger partial charge in [0.2, 0.25) is 0 Å². The maximum absolute atomic E-state index is 5.98. The molecule has 96 valence electrons. The van der Waals surface area contributed by atoms with Crippen molar-refractivity contribution < 1.29 is 0 Å². The molecule has 0 unspecified atom stereocenters. The molecule has 0 aliphatic carbocycles. The van der Waals surface area contributed by atoms with E-state index in [1.807, 2.05) is 49.4 Å². The molecule has 2 rings (SSSR count). The average Bonchev–Trinajstić information content (AvgIpc) is 2.43. The zero-order valence-corrected chi connectivity index (χ0v) is 11.5. The van der Waals surface area contributed by atoms with E-state index in [-0.39, 0.29) is 0 Å². The van der Waals surface area contributed by atoms with E-state index in [2.05, 4.69) is 16.9 Å². The summed E-state index contributed by atoms with van der Waals surface area (Å²) in [5.41, 5.74) is 2.88. The number of nitrogens with zero attached hydrogens (tertiary/aromatic N) is 1. The molecular weight excluding hydrogens is 256 g/mol. The van der Waals surface area contributed by atoms with Crippen molar-refractivity contribution in [2.75, 3.05) is 5.32 Å². The van der Waals surface area contributed by atoms with Gasteiger partial charge in [0.25, 0.3) is 0 Å². The molecule has 2 aromatic rings. The molecule has 0 amide bonds. The van der Waals surface area contributed by atoms with Crippen LogP contribution in [0.2, 0.25) is 5.02 Å². The van der Waals surface area contributed by atoms with Gasteiger partial charge in [-0.25, -0.2) is 0 Å². The van der Waals surface area contributed by atoms with E-state index in [9.17, 15) is 0 Å². The first kappa shape index (κ1) is 13.4. The molecule has 0 bridgehead atoms. The Bertz CT molecular complexity index is 657. The predicted molar refractivity (Wildman–Crippen MR) is 83.5 cm³/mol. The predicted octanol–water partition coefficient (Wildman–Crippen LogP) is 4.95. The van der Waals surface area contributed by atoms with Crippen molar-refractivity contribution >= 4 is 28.2 Å². The molecule has 0 aliphatic heterocycles. The van der Waals surface area contributed by atoms with E-state index in [0.717, 1.165) is 22.3 Å². The number of hydrogen-bond acceptors (Lipinski definition) is 2. The Labute approximate surface area is 118 Å². The van der Waals surface area contributed by atoms with Gasteiger partial charge in [0.15, 0.2) is 0 Å². The van der Waals surface area contributed by atoms with Gasteiger partial charge in [-0.2, -0.15) is 0 Å². The SMILES string of the molecule is C=C/C=C\C(=C/C)Nc1ccnc2cc(Cl)ccc12. The van der Waals surface area contributed by atoms with Crippen LogP contribution in [0.15, 0.2) is 67.0 Å². The minimum absolute atomic E-state index is 0.690. The Morgan fingerprint density at radius 1 is 1.37 bits per heavy atom. The summed E-state index contributed by atoms with van der Waals surface area (Å²) >= 11 is 5.98. The van der Waals surface area contributed by atoms with E-state index in [4.69, 9.17) is 11.6 Å². The topological polar surface area (TPSA) is 24.9 Å². The summed E-state index contributed by atoms with van der Waals surface area (Å²) < 4.78 is 0. The van der Waals surface area contributed by atoms with Gasteiger partial charge in [-0.05, 0) is 37.3 Å². The Hall–Kier alpha value is -2.06. The highest BCUT2D eigenvalue weighted by molar-refractivity contribution is 6.31. The minimum Gasteiger partial charge on any atom is -0.355 e. The van der Waals surface area contributed by atoms with Gasteiger partial charge in [0.05, 0.1) is 5.52 Å². The molecule has 3 heteroatoms. The van der Waals surface area contributed by atoms with Crippen LogP contribution >= 0.6 is 11.6 Å². The van der Waals surface area contributed by atoms with Gasteiger partial charge >= 0.3 is 0 Å². The number of aromatic nitrogens is 1. The quantitative estimate of drug-likeness (QED) is 0.796. The first-order valence-corrected chi connectivity index (χ1v) is 6.39. The molecule has 0 atom stereocenters. The maximum atomic E-state index is 5.98. The Morgan fingerprint density at radius 3 is 2.95 bits per heavy atom. The van der Waals surface area contributed by atoms with Crippen LogP contribution in [0, 0.1) is 0 Å². The zero-order valence-electron chi connectivity index (χ0n) is 10.7. The molecule has 1 aromatic heterocycles. The lowest BCUT2D eigenvalue weighted by Gasteiger charge is -2.10. The smallest absolute Gasteiger partial charge is 0.0737 e. The largest absolute Gasteiger partial charge is 0.355 e. The summed E-state index contributed by atoms with van der Waals surface area (Å²) in [5, 5.41) is 5.10. The van der Waals surface area contributed by atoms with Crippen molar-refractivity contribution in [1.82, 2.24) is 4.98 Å². The van der Waals surface area contributed by atoms with Crippen LogP contribution in [-0.4, -0.2) is 4.98 Å². The Morgan fingerprint density at radius 2 is 2.21 bits per heavy atom. The van der Waals surface area contributed by atoms with Gasteiger partial charge in [0, 0.05) is 28.0 Å². The Balaban J connectivity index is 2.40. The lowest BCUT2D eigenvalue weighted by atomic mass is 10.2. The summed E-state index contributed by atoms with van der Waals surface area (Å²) in [6, 6.07) is 7.64. The van der Waals surface area contributed by atoms with Crippen molar-refractivity contribution in [2.24, 2.45) is 0 Å². The normalized spacial score (nSPS) is 12.0. The highest BCUT2D eigenvalue weighted by atomic mass is 35.5. The maximum Gasteiger partial charge on any atom is 0.0737 e. The van der Waals surface area contributed by atoms with Crippen molar-refractivity contribution in [2.45, 2.75) is 6.92 Å². The molecule has 0 saturated heterocycles. The van der Waals surface area contributed by atoms with Gasteiger partial charge in [-0.1, -0.05) is 36.4 Å². The number of benzene rings is 1. The van der Waals surface area contributed by atoms with Gasteiger partial charge in [-0.3, -0.25) is 4.98 Å². The fourth-order valence-electron chi connectivity index (χ4n) is 1.77. The summed E-state index contributed by atoms with van der Waals surface area (Å²) in [5.74, 6) is 0.